The van der Waals surface area contributed by atoms with Gasteiger partial charge in [-0.25, -0.2) is 9.87 Å². The molecule has 3 aromatic carbocycles. The lowest BCUT2D eigenvalue weighted by Crippen LogP contribution is -2.51. The van der Waals surface area contributed by atoms with Gasteiger partial charge in [0.05, 0.1) is 12.6 Å². The van der Waals surface area contributed by atoms with E-state index in [0.717, 1.165) is 11.1 Å². The van der Waals surface area contributed by atoms with Crippen molar-refractivity contribution in [1.29, 1.82) is 0 Å². The Bertz CT molecular complexity index is 1200. The second kappa shape index (κ2) is 12.5. The lowest BCUT2D eigenvalue weighted by molar-refractivity contribution is -0.133. The highest BCUT2D eigenvalue weighted by Gasteiger charge is 2.25. The van der Waals surface area contributed by atoms with Crippen molar-refractivity contribution in [3.63, 3.8) is 0 Å². The van der Waals surface area contributed by atoms with Crippen LogP contribution in [0.2, 0.25) is 0 Å². The summed E-state index contributed by atoms with van der Waals surface area (Å²) in [5.74, 6) is -2.10. The summed E-state index contributed by atoms with van der Waals surface area (Å²) in [4.78, 5) is 36.2. The second-order valence-electron chi connectivity index (χ2n) is 8.07. The summed E-state index contributed by atoms with van der Waals surface area (Å²) in [6.45, 7) is 1.58. The lowest BCUT2D eigenvalue weighted by atomic mass is 10.0. The first-order chi connectivity index (χ1) is 17.3. The number of amides is 3. The van der Waals surface area contributed by atoms with Crippen molar-refractivity contribution in [2.24, 2.45) is 0 Å². The third kappa shape index (κ3) is 7.19. The zero-order chi connectivity index (χ0) is 26.1. The van der Waals surface area contributed by atoms with Crippen LogP contribution < -0.4 is 21.4 Å². The van der Waals surface area contributed by atoms with Gasteiger partial charge in [0.25, 0.3) is 11.8 Å². The Morgan fingerprint density at radius 3 is 2.11 bits per heavy atom. The molecule has 0 aliphatic heterocycles. The lowest BCUT2D eigenvalue weighted by Gasteiger charge is -2.19. The van der Waals surface area contributed by atoms with Crippen molar-refractivity contribution in [2.75, 3.05) is 11.9 Å². The monoisotopic (exact) mass is 494 g/mol. The topological polar surface area (TPSA) is 140 Å². The van der Waals surface area contributed by atoms with E-state index in [1.807, 2.05) is 12.1 Å². The molecule has 3 amide bonds. The van der Waals surface area contributed by atoms with Gasteiger partial charge in [0.1, 0.15) is 11.9 Å². The number of anilines is 1. The predicted octanol–water partition coefficient (Wildman–Crippen LogP) is 2.21. The highest BCUT2D eigenvalue weighted by molar-refractivity contribution is 5.98. The normalized spacial score (nSPS) is 12.3. The zero-order valence-electron chi connectivity index (χ0n) is 19.5. The molecule has 0 saturated heterocycles. The van der Waals surface area contributed by atoms with Crippen LogP contribution in [0, 0.1) is 5.82 Å². The molecule has 10 heteroatoms. The molecule has 188 valence electrons. The Morgan fingerprint density at radius 2 is 1.53 bits per heavy atom. The van der Waals surface area contributed by atoms with Gasteiger partial charge >= 0.3 is 0 Å². The highest BCUT2D eigenvalue weighted by Crippen LogP contribution is 2.22. The van der Waals surface area contributed by atoms with Crippen LogP contribution in [0.15, 0.2) is 72.8 Å². The van der Waals surface area contributed by atoms with E-state index in [2.05, 4.69) is 16.0 Å². The summed E-state index contributed by atoms with van der Waals surface area (Å²) in [6, 6.07) is 18.7. The molecule has 0 unspecified atom stereocenters. The molecule has 36 heavy (non-hydrogen) atoms. The van der Waals surface area contributed by atoms with Gasteiger partial charge in [-0.15, -0.1) is 0 Å². The number of benzene rings is 3. The van der Waals surface area contributed by atoms with Crippen molar-refractivity contribution in [3.05, 3.63) is 89.7 Å². The summed E-state index contributed by atoms with van der Waals surface area (Å²) in [7, 11) is 0. The fraction of sp³-hybridized carbons (Fsp3) is 0.192. The quantitative estimate of drug-likeness (QED) is 0.189. The van der Waals surface area contributed by atoms with Crippen molar-refractivity contribution in [1.82, 2.24) is 16.1 Å². The minimum Gasteiger partial charge on any atom is -0.391 e. The summed E-state index contributed by atoms with van der Waals surface area (Å²) >= 11 is 0. The van der Waals surface area contributed by atoms with Gasteiger partial charge in [-0.05, 0) is 48.4 Å². The first-order valence-electron chi connectivity index (χ1n) is 11.2. The molecule has 2 atom stereocenters. The summed E-state index contributed by atoms with van der Waals surface area (Å²) in [6.07, 6.45) is -1.21. The van der Waals surface area contributed by atoms with Crippen LogP contribution in [-0.4, -0.2) is 46.7 Å². The van der Waals surface area contributed by atoms with Gasteiger partial charge < -0.3 is 21.1 Å². The number of carbonyl (C=O) groups excluding carboxylic acids is 3. The molecule has 0 aliphatic carbocycles. The Balaban J connectivity index is 1.54. The van der Waals surface area contributed by atoms with Crippen LogP contribution in [-0.2, 0) is 16.1 Å². The number of hydroxylamine groups is 1. The van der Waals surface area contributed by atoms with E-state index in [4.69, 9.17) is 5.21 Å². The maximum absolute atomic E-state index is 13.6. The van der Waals surface area contributed by atoms with Gasteiger partial charge in [0.15, 0.2) is 0 Å². The highest BCUT2D eigenvalue weighted by atomic mass is 19.1. The third-order valence-electron chi connectivity index (χ3n) is 5.37. The molecule has 0 aromatic heterocycles. The summed E-state index contributed by atoms with van der Waals surface area (Å²) in [5, 5.41) is 26.5. The Morgan fingerprint density at radius 1 is 0.917 bits per heavy atom. The number of halogens is 1. The minimum atomic E-state index is -1.31. The van der Waals surface area contributed by atoms with Crippen LogP contribution in [0.25, 0.3) is 11.1 Å². The van der Waals surface area contributed by atoms with E-state index < -0.39 is 24.0 Å². The van der Waals surface area contributed by atoms with Gasteiger partial charge in [0, 0.05) is 23.4 Å². The van der Waals surface area contributed by atoms with E-state index in [0.29, 0.717) is 11.3 Å². The van der Waals surface area contributed by atoms with Gasteiger partial charge in [0.2, 0.25) is 5.91 Å². The van der Waals surface area contributed by atoms with Crippen LogP contribution >= 0.6 is 0 Å². The van der Waals surface area contributed by atoms with E-state index in [1.165, 1.54) is 18.5 Å². The molecule has 0 spiro atoms. The van der Waals surface area contributed by atoms with Gasteiger partial charge in [-0.2, -0.15) is 0 Å². The molecule has 3 aromatic rings. The number of nitrogens with one attached hydrogen (secondary N) is 4. The van der Waals surface area contributed by atoms with Gasteiger partial charge in [-0.3, -0.25) is 19.6 Å². The molecule has 0 heterocycles. The maximum atomic E-state index is 13.6. The number of hydrogen-bond acceptors (Lipinski definition) is 6. The van der Waals surface area contributed by atoms with Crippen molar-refractivity contribution >= 4 is 23.4 Å². The molecule has 0 aliphatic rings. The SMILES string of the molecule is C[C@@H](O)[C@H](NC(=O)c1ccc(-c2ccc(NC(=O)CNCc3ccccc3F)cc2)cc1)C(=O)NO. The van der Waals surface area contributed by atoms with Crippen molar-refractivity contribution < 1.29 is 29.1 Å². The van der Waals surface area contributed by atoms with E-state index >= 15 is 0 Å². The average molecular weight is 495 g/mol. The second-order valence-corrected chi connectivity index (χ2v) is 8.07. The molecule has 0 bridgehead atoms. The van der Waals surface area contributed by atoms with Crippen molar-refractivity contribution in [2.45, 2.75) is 25.6 Å². The van der Waals surface area contributed by atoms with E-state index in [-0.39, 0.29) is 30.4 Å². The van der Waals surface area contributed by atoms with E-state index in [1.54, 1.807) is 54.6 Å². The standard InChI is InChI=1S/C26H27FN4O5/c1-16(32)24(26(35)31-36)30-25(34)19-8-6-17(7-9-19)18-10-12-21(13-11-18)29-23(33)15-28-14-20-4-2-3-5-22(20)27/h2-13,16,24,28,32,36H,14-15H2,1H3,(H,29,33)(H,30,34)(H,31,35)/t16-,24+/m1/s1. The molecule has 9 nitrogen and oxygen atoms in total. The number of rotatable bonds is 10. The predicted molar refractivity (Wildman–Crippen MR) is 131 cm³/mol. The van der Waals surface area contributed by atoms with Gasteiger partial charge in [-0.1, -0.05) is 42.5 Å². The molecule has 0 fully saturated rings. The Labute approximate surface area is 207 Å². The number of hydrogen-bond donors (Lipinski definition) is 6. The largest absolute Gasteiger partial charge is 0.391 e. The summed E-state index contributed by atoms with van der Waals surface area (Å²) in [5.41, 5.74) is 4.42. The van der Waals surface area contributed by atoms with Crippen LogP contribution in [0.3, 0.4) is 0 Å². The first kappa shape index (κ1) is 26.5. The fourth-order valence-electron chi connectivity index (χ4n) is 3.42. The smallest absolute Gasteiger partial charge is 0.268 e. The Hall–Kier alpha value is -4.12. The molecule has 6 N–H and O–H groups in total. The van der Waals surface area contributed by atoms with Crippen LogP contribution in [0.5, 0.6) is 0 Å². The van der Waals surface area contributed by atoms with E-state index in [9.17, 15) is 23.9 Å². The van der Waals surface area contributed by atoms with Crippen molar-refractivity contribution in [3.8, 4) is 11.1 Å². The number of aliphatic hydroxyl groups excluding tert-OH is 1. The number of carbonyl (C=O) groups is 3. The Kier molecular flexibility index (Phi) is 9.23. The molecule has 0 saturated carbocycles. The van der Waals surface area contributed by atoms with Crippen LogP contribution in [0.1, 0.15) is 22.8 Å². The number of aliphatic hydroxyl groups is 1. The molecular formula is C26H27FN4O5. The fourth-order valence-corrected chi connectivity index (χ4v) is 3.42. The first-order valence-corrected chi connectivity index (χ1v) is 11.2. The summed E-state index contributed by atoms with van der Waals surface area (Å²) < 4.78 is 13.6. The average Bonchev–Trinajstić information content (AvgIpc) is 2.88. The molecule has 0 radical (unpaired) electrons. The maximum Gasteiger partial charge on any atom is 0.268 e. The third-order valence-corrected chi connectivity index (χ3v) is 5.37. The zero-order valence-corrected chi connectivity index (χ0v) is 19.5. The minimum absolute atomic E-state index is 0.0233. The molecular weight excluding hydrogens is 467 g/mol. The molecule has 3 rings (SSSR count). The van der Waals surface area contributed by atoms with Crippen LogP contribution in [0.4, 0.5) is 10.1 Å².